The van der Waals surface area contributed by atoms with Crippen LogP contribution in [0.1, 0.15) is 0 Å². The van der Waals surface area contributed by atoms with Gasteiger partial charge < -0.3 is 4.74 Å². The molecule has 0 radical (unpaired) electrons. The maximum Gasteiger partial charge on any atom is 0.150 e. The highest BCUT2D eigenvalue weighted by Crippen LogP contribution is 2.43. The van der Waals surface area contributed by atoms with Crippen molar-refractivity contribution < 1.29 is 4.74 Å². The molecule has 4 aliphatic rings. The fourth-order valence-electron chi connectivity index (χ4n) is 4.99. The van der Waals surface area contributed by atoms with Crippen molar-refractivity contribution in [2.24, 2.45) is 11.8 Å². The van der Waals surface area contributed by atoms with Gasteiger partial charge in [-0.15, -0.1) is 0 Å². The Bertz CT molecular complexity index is 1010. The number of rotatable bonds is 4. The fourth-order valence-corrected chi connectivity index (χ4v) is 9.48. The summed E-state index contributed by atoms with van der Waals surface area (Å²) in [6.07, 6.45) is 27.3. The molecular weight excluding hydrogens is 356 g/mol. The molecule has 138 valence electrons. The molecular formula is C26H24OSi. The van der Waals surface area contributed by atoms with E-state index in [0.29, 0.717) is 11.8 Å². The highest BCUT2D eigenvalue weighted by Gasteiger charge is 2.44. The lowest BCUT2D eigenvalue weighted by molar-refractivity contribution is 0.418. The van der Waals surface area contributed by atoms with E-state index in [9.17, 15) is 0 Å². The van der Waals surface area contributed by atoms with Gasteiger partial charge in [0, 0.05) is 11.8 Å². The number of methoxy groups -OCH3 is 1. The number of hydrogen-bond donors (Lipinski definition) is 0. The Morgan fingerprint density at radius 1 is 0.714 bits per heavy atom. The third-order valence-electron chi connectivity index (χ3n) is 6.41. The molecule has 1 aromatic rings. The Kier molecular flexibility index (Phi) is 4.10. The van der Waals surface area contributed by atoms with Gasteiger partial charge in [0.05, 0.1) is 7.11 Å². The monoisotopic (exact) mass is 380 g/mol. The Hall–Kier alpha value is -2.84. The van der Waals surface area contributed by atoms with E-state index < -0.39 is 8.07 Å². The van der Waals surface area contributed by atoms with Crippen LogP contribution in [-0.4, -0.2) is 15.2 Å². The molecule has 2 unspecified atom stereocenters. The van der Waals surface area contributed by atoms with Crippen LogP contribution in [0.25, 0.3) is 0 Å². The zero-order valence-corrected chi connectivity index (χ0v) is 17.3. The van der Waals surface area contributed by atoms with E-state index in [4.69, 9.17) is 4.74 Å². The van der Waals surface area contributed by atoms with Crippen molar-refractivity contribution in [1.82, 2.24) is 0 Å². The van der Waals surface area contributed by atoms with Crippen molar-refractivity contribution in [3.8, 4) is 5.75 Å². The molecule has 0 saturated carbocycles. The first-order chi connectivity index (χ1) is 13.7. The molecule has 0 saturated heterocycles. The smallest absolute Gasteiger partial charge is 0.150 e. The van der Waals surface area contributed by atoms with Gasteiger partial charge in [0.25, 0.3) is 0 Å². The molecule has 2 atom stereocenters. The SMILES string of the molecule is COc1ccccc1[Si](C)(C1=C2C=CC=CC2C=C1)C1=C2C=CC=CC2C=C1. The quantitative estimate of drug-likeness (QED) is 0.646. The molecule has 4 aliphatic carbocycles. The summed E-state index contributed by atoms with van der Waals surface area (Å²) in [7, 11) is -0.463. The molecule has 0 N–H and O–H groups in total. The summed E-state index contributed by atoms with van der Waals surface area (Å²) < 4.78 is 5.86. The molecule has 2 heteroatoms. The lowest BCUT2D eigenvalue weighted by atomic mass is 9.98. The lowest BCUT2D eigenvalue weighted by Crippen LogP contribution is -2.49. The minimum Gasteiger partial charge on any atom is -0.497 e. The summed E-state index contributed by atoms with van der Waals surface area (Å²) in [5.74, 6) is 1.79. The average Bonchev–Trinajstić information content (AvgIpc) is 3.38. The third-order valence-corrected chi connectivity index (χ3v) is 11.0. The maximum absolute atomic E-state index is 5.86. The Morgan fingerprint density at radius 3 is 1.86 bits per heavy atom. The van der Waals surface area contributed by atoms with Crippen molar-refractivity contribution in [1.29, 1.82) is 0 Å². The Morgan fingerprint density at radius 2 is 1.29 bits per heavy atom. The summed E-state index contributed by atoms with van der Waals surface area (Å²) in [4.78, 5) is 0. The standard InChI is InChI=1S/C26H24OSi/c1-27-23-13-7-8-14-26(23)28(2,24-17-15-19-9-3-5-11-21(19)24)25-18-16-20-10-4-6-12-22(20)25/h3-20H,1-2H3. The van der Waals surface area contributed by atoms with Gasteiger partial charge in [0.2, 0.25) is 0 Å². The molecule has 0 spiro atoms. The summed E-state index contributed by atoms with van der Waals surface area (Å²) in [6.45, 7) is 2.49. The fraction of sp³-hybridized carbons (Fsp3) is 0.154. The number of para-hydroxylation sites is 1. The zero-order chi connectivity index (χ0) is 19.1. The molecule has 1 aromatic carbocycles. The van der Waals surface area contributed by atoms with Gasteiger partial charge >= 0.3 is 0 Å². The zero-order valence-electron chi connectivity index (χ0n) is 16.3. The molecule has 5 rings (SSSR count). The van der Waals surface area contributed by atoms with Crippen LogP contribution in [0.2, 0.25) is 6.55 Å². The predicted molar refractivity (Wildman–Crippen MR) is 120 cm³/mol. The van der Waals surface area contributed by atoms with Crippen LogP contribution < -0.4 is 9.92 Å². The van der Waals surface area contributed by atoms with E-state index in [-0.39, 0.29) is 0 Å². The summed E-state index contributed by atoms with van der Waals surface area (Å²) >= 11 is 0. The van der Waals surface area contributed by atoms with Crippen molar-refractivity contribution in [2.45, 2.75) is 6.55 Å². The summed E-state index contributed by atoms with van der Waals surface area (Å²) in [5.41, 5.74) is 2.89. The predicted octanol–water partition coefficient (Wildman–Crippen LogP) is 5.28. The number of ether oxygens (including phenoxy) is 1. The highest BCUT2D eigenvalue weighted by molar-refractivity contribution is 7.04. The number of benzene rings is 1. The van der Waals surface area contributed by atoms with Gasteiger partial charge in [-0.05, 0) is 32.8 Å². The second-order valence-corrected chi connectivity index (χ2v) is 11.7. The normalized spacial score (nSPS) is 26.1. The number of hydrogen-bond acceptors (Lipinski definition) is 1. The minimum absolute atomic E-state index is 0.398. The van der Waals surface area contributed by atoms with E-state index in [1.54, 1.807) is 7.11 Å². The second-order valence-electron chi connectivity index (χ2n) is 7.82. The number of fused-ring (bicyclic) bond motifs is 2. The van der Waals surface area contributed by atoms with Crippen molar-refractivity contribution in [3.05, 3.63) is 119 Å². The Balaban J connectivity index is 1.80. The molecule has 0 aliphatic heterocycles. The van der Waals surface area contributed by atoms with E-state index in [0.717, 1.165) is 5.75 Å². The molecule has 0 heterocycles. The van der Waals surface area contributed by atoms with Crippen LogP contribution in [0, 0.1) is 11.8 Å². The topological polar surface area (TPSA) is 9.23 Å². The van der Waals surface area contributed by atoms with Crippen LogP contribution >= 0.6 is 0 Å². The molecule has 0 bridgehead atoms. The molecule has 28 heavy (non-hydrogen) atoms. The van der Waals surface area contributed by atoms with Crippen molar-refractivity contribution >= 4 is 13.3 Å². The molecule has 1 nitrogen and oxygen atoms in total. The molecule has 0 amide bonds. The van der Waals surface area contributed by atoms with E-state index in [1.807, 2.05) is 0 Å². The van der Waals surface area contributed by atoms with Gasteiger partial charge in [-0.25, -0.2) is 0 Å². The van der Waals surface area contributed by atoms with E-state index in [1.165, 1.54) is 26.7 Å². The van der Waals surface area contributed by atoms with Crippen LogP contribution in [-0.2, 0) is 0 Å². The van der Waals surface area contributed by atoms with Gasteiger partial charge in [0.1, 0.15) is 5.75 Å². The third kappa shape index (κ3) is 2.45. The highest BCUT2D eigenvalue weighted by atomic mass is 28.3. The van der Waals surface area contributed by atoms with E-state index in [2.05, 4.69) is 104 Å². The summed E-state index contributed by atoms with van der Waals surface area (Å²) in [6, 6.07) is 8.61. The maximum atomic E-state index is 5.86. The van der Waals surface area contributed by atoms with Crippen LogP contribution in [0.15, 0.2) is 119 Å². The van der Waals surface area contributed by atoms with Crippen LogP contribution in [0.3, 0.4) is 0 Å². The molecule has 0 aromatic heterocycles. The number of allylic oxidation sites excluding steroid dienone is 16. The van der Waals surface area contributed by atoms with Crippen LogP contribution in [0.5, 0.6) is 5.75 Å². The van der Waals surface area contributed by atoms with Gasteiger partial charge in [-0.1, -0.05) is 97.7 Å². The largest absolute Gasteiger partial charge is 0.497 e. The summed E-state index contributed by atoms with van der Waals surface area (Å²) in [5, 5.41) is 4.35. The Labute approximate surface area is 168 Å². The van der Waals surface area contributed by atoms with Gasteiger partial charge in [-0.2, -0.15) is 0 Å². The average molecular weight is 381 g/mol. The first-order valence-corrected chi connectivity index (χ1v) is 12.4. The minimum atomic E-state index is -2.25. The van der Waals surface area contributed by atoms with Gasteiger partial charge in [0.15, 0.2) is 8.07 Å². The van der Waals surface area contributed by atoms with Crippen molar-refractivity contribution in [3.63, 3.8) is 0 Å². The van der Waals surface area contributed by atoms with Gasteiger partial charge in [-0.3, -0.25) is 0 Å². The van der Waals surface area contributed by atoms with Crippen molar-refractivity contribution in [2.75, 3.05) is 7.11 Å². The first-order valence-electron chi connectivity index (χ1n) is 9.92. The second kappa shape index (κ2) is 6.64. The molecule has 0 fully saturated rings. The van der Waals surface area contributed by atoms with E-state index >= 15 is 0 Å². The first kappa shape index (κ1) is 17.3. The van der Waals surface area contributed by atoms with Crippen LogP contribution in [0.4, 0.5) is 0 Å². The lowest BCUT2D eigenvalue weighted by Gasteiger charge is -2.34.